The fraction of sp³-hybridized carbons (Fsp3) is 0.190. The summed E-state index contributed by atoms with van der Waals surface area (Å²) in [4.78, 5) is 35.6. The van der Waals surface area contributed by atoms with Crippen LogP contribution in [0, 0.1) is 13.8 Å². The molecule has 0 atom stereocenters. The summed E-state index contributed by atoms with van der Waals surface area (Å²) < 4.78 is 10.9. The van der Waals surface area contributed by atoms with Crippen molar-refractivity contribution in [2.24, 2.45) is 0 Å². The first-order valence-electron chi connectivity index (χ1n) is 8.65. The highest BCUT2D eigenvalue weighted by Gasteiger charge is 2.11. The third kappa shape index (κ3) is 6.76. The molecular weight excluding hydrogens is 440 g/mol. The molecule has 7 nitrogen and oxygen atoms in total. The number of nitrogens with one attached hydrogen (secondary N) is 2. The molecule has 2 rings (SSSR count). The zero-order valence-corrected chi connectivity index (χ0v) is 17.8. The fourth-order valence-corrected chi connectivity index (χ4v) is 2.76. The summed E-state index contributed by atoms with van der Waals surface area (Å²) in [5.74, 6) is -0.884. The zero-order chi connectivity index (χ0) is 21.4. The Bertz CT molecular complexity index is 956. The van der Waals surface area contributed by atoms with E-state index >= 15 is 0 Å². The van der Waals surface area contributed by atoms with Crippen LogP contribution in [0.4, 0.5) is 10.5 Å². The Morgan fingerprint density at radius 3 is 2.62 bits per heavy atom. The van der Waals surface area contributed by atoms with Crippen molar-refractivity contribution >= 4 is 45.6 Å². The van der Waals surface area contributed by atoms with Crippen LogP contribution >= 0.6 is 15.9 Å². The predicted molar refractivity (Wildman–Crippen MR) is 114 cm³/mol. The number of esters is 1. The lowest BCUT2D eigenvalue weighted by molar-refractivity contribution is -0.143. The second-order valence-electron chi connectivity index (χ2n) is 6.08. The predicted octanol–water partition coefficient (Wildman–Crippen LogP) is 3.98. The number of benzene rings is 2. The van der Waals surface area contributed by atoms with E-state index in [-0.39, 0.29) is 0 Å². The van der Waals surface area contributed by atoms with Gasteiger partial charge in [0.05, 0.1) is 7.11 Å². The third-order valence-corrected chi connectivity index (χ3v) is 4.54. The van der Waals surface area contributed by atoms with Gasteiger partial charge in [-0.05, 0) is 55.3 Å². The second-order valence-corrected chi connectivity index (χ2v) is 6.99. The molecule has 0 aromatic heterocycles. The average molecular weight is 461 g/mol. The molecule has 0 spiro atoms. The second kappa shape index (κ2) is 10.4. The van der Waals surface area contributed by atoms with Crippen LogP contribution < -0.4 is 15.4 Å². The summed E-state index contributed by atoms with van der Waals surface area (Å²) in [5.41, 5.74) is 3.17. The van der Waals surface area contributed by atoms with E-state index in [9.17, 15) is 14.4 Å². The minimum absolute atomic E-state index is 0.582. The monoisotopic (exact) mass is 460 g/mol. The van der Waals surface area contributed by atoms with Crippen LogP contribution in [0.15, 0.2) is 46.9 Å². The highest BCUT2D eigenvalue weighted by molar-refractivity contribution is 9.10. The quantitative estimate of drug-likeness (QED) is 0.502. The summed E-state index contributed by atoms with van der Waals surface area (Å²) >= 11 is 3.34. The van der Waals surface area contributed by atoms with E-state index in [1.54, 1.807) is 24.3 Å². The summed E-state index contributed by atoms with van der Waals surface area (Å²) in [5, 5.41) is 4.70. The minimum atomic E-state index is -0.741. The molecule has 0 saturated carbocycles. The van der Waals surface area contributed by atoms with Gasteiger partial charge in [0.2, 0.25) is 0 Å². The van der Waals surface area contributed by atoms with Gasteiger partial charge < -0.3 is 14.8 Å². The standard InChI is InChI=1S/C21H21BrN2O5/c1-13-5-4-6-17(14(13)2)23-21(27)24-19(25)12-29-20(26)10-7-15-11-16(22)8-9-18(15)28-3/h4-11H,12H2,1-3H3,(H2,23,24,25,27)/b10-7+. The molecule has 2 aromatic carbocycles. The normalized spacial score (nSPS) is 10.5. The molecule has 0 aliphatic rings. The number of amides is 3. The average Bonchev–Trinajstić information content (AvgIpc) is 2.68. The lowest BCUT2D eigenvalue weighted by Crippen LogP contribution is -2.37. The van der Waals surface area contributed by atoms with E-state index in [0.29, 0.717) is 17.0 Å². The van der Waals surface area contributed by atoms with Gasteiger partial charge in [-0.3, -0.25) is 10.1 Å². The Balaban J connectivity index is 1.84. The lowest BCUT2D eigenvalue weighted by atomic mass is 10.1. The van der Waals surface area contributed by atoms with Crippen molar-refractivity contribution < 1.29 is 23.9 Å². The van der Waals surface area contributed by atoms with Gasteiger partial charge >= 0.3 is 12.0 Å². The van der Waals surface area contributed by atoms with Gasteiger partial charge in [-0.1, -0.05) is 28.1 Å². The number of anilines is 1. The maximum atomic E-state index is 11.9. The minimum Gasteiger partial charge on any atom is -0.496 e. The first kappa shape index (κ1) is 22.2. The van der Waals surface area contributed by atoms with E-state index in [2.05, 4.69) is 26.6 Å². The van der Waals surface area contributed by atoms with Crippen LogP contribution in [0.1, 0.15) is 16.7 Å². The topological polar surface area (TPSA) is 93.7 Å². The Labute approximate surface area is 177 Å². The number of carbonyl (C=O) groups excluding carboxylic acids is 3. The maximum Gasteiger partial charge on any atom is 0.331 e. The third-order valence-electron chi connectivity index (χ3n) is 4.04. The Kier molecular flexibility index (Phi) is 7.97. The molecule has 29 heavy (non-hydrogen) atoms. The van der Waals surface area contributed by atoms with Crippen LogP contribution in [0.2, 0.25) is 0 Å². The van der Waals surface area contributed by atoms with Crippen molar-refractivity contribution in [3.8, 4) is 5.75 Å². The maximum absolute atomic E-state index is 11.9. The van der Waals surface area contributed by atoms with Gasteiger partial charge in [0.1, 0.15) is 5.75 Å². The number of halogens is 1. The summed E-state index contributed by atoms with van der Waals surface area (Å²) in [6.45, 7) is 3.19. The van der Waals surface area contributed by atoms with Crippen LogP contribution in [0.3, 0.4) is 0 Å². The summed E-state index contributed by atoms with van der Waals surface area (Å²) in [7, 11) is 1.52. The molecule has 152 valence electrons. The fourth-order valence-electron chi connectivity index (χ4n) is 2.38. The van der Waals surface area contributed by atoms with Crippen LogP contribution in [-0.2, 0) is 14.3 Å². The van der Waals surface area contributed by atoms with Crippen molar-refractivity contribution in [2.45, 2.75) is 13.8 Å². The highest BCUT2D eigenvalue weighted by Crippen LogP contribution is 2.24. The number of ether oxygens (including phenoxy) is 2. The Morgan fingerprint density at radius 1 is 1.14 bits per heavy atom. The van der Waals surface area contributed by atoms with Crippen LogP contribution in [0.5, 0.6) is 5.75 Å². The zero-order valence-electron chi connectivity index (χ0n) is 16.2. The molecule has 0 aliphatic carbocycles. The molecular formula is C21H21BrN2O5. The molecule has 2 N–H and O–H groups in total. The van der Waals surface area contributed by atoms with Gasteiger partial charge in [-0.25, -0.2) is 9.59 Å². The molecule has 0 aliphatic heterocycles. The van der Waals surface area contributed by atoms with Crippen molar-refractivity contribution in [1.29, 1.82) is 0 Å². The van der Waals surface area contributed by atoms with Gasteiger partial charge in [0.15, 0.2) is 6.61 Å². The summed E-state index contributed by atoms with van der Waals surface area (Å²) in [6, 6.07) is 10.1. The number of methoxy groups -OCH3 is 1. The highest BCUT2D eigenvalue weighted by atomic mass is 79.9. The molecule has 2 aromatic rings. The van der Waals surface area contributed by atoms with Crippen molar-refractivity contribution in [1.82, 2.24) is 5.32 Å². The number of hydrogen-bond acceptors (Lipinski definition) is 5. The number of carbonyl (C=O) groups is 3. The first-order chi connectivity index (χ1) is 13.8. The molecule has 0 heterocycles. The molecule has 0 fully saturated rings. The molecule has 0 saturated heterocycles. The number of hydrogen-bond donors (Lipinski definition) is 2. The molecule has 3 amide bonds. The molecule has 0 radical (unpaired) electrons. The van der Waals surface area contributed by atoms with E-state index < -0.39 is 24.5 Å². The SMILES string of the molecule is COc1ccc(Br)cc1/C=C/C(=O)OCC(=O)NC(=O)Nc1cccc(C)c1C. The van der Waals surface area contributed by atoms with Gasteiger partial charge in [0, 0.05) is 21.8 Å². The van der Waals surface area contributed by atoms with Crippen molar-refractivity contribution in [3.63, 3.8) is 0 Å². The number of urea groups is 1. The Morgan fingerprint density at radius 2 is 1.90 bits per heavy atom. The Hall–Kier alpha value is -3.13. The number of imide groups is 1. The van der Waals surface area contributed by atoms with Gasteiger partial charge in [0.25, 0.3) is 5.91 Å². The van der Waals surface area contributed by atoms with E-state index in [1.165, 1.54) is 19.3 Å². The number of aryl methyl sites for hydroxylation is 1. The molecule has 8 heteroatoms. The van der Waals surface area contributed by atoms with Crippen molar-refractivity contribution in [2.75, 3.05) is 19.0 Å². The van der Waals surface area contributed by atoms with Gasteiger partial charge in [-0.15, -0.1) is 0 Å². The van der Waals surface area contributed by atoms with Crippen molar-refractivity contribution in [3.05, 3.63) is 63.6 Å². The van der Waals surface area contributed by atoms with Crippen LogP contribution in [0.25, 0.3) is 6.08 Å². The van der Waals surface area contributed by atoms with E-state index in [1.807, 2.05) is 26.0 Å². The van der Waals surface area contributed by atoms with E-state index in [0.717, 1.165) is 15.6 Å². The van der Waals surface area contributed by atoms with Gasteiger partial charge in [-0.2, -0.15) is 0 Å². The smallest absolute Gasteiger partial charge is 0.331 e. The van der Waals surface area contributed by atoms with E-state index in [4.69, 9.17) is 9.47 Å². The first-order valence-corrected chi connectivity index (χ1v) is 9.45. The molecule has 0 bridgehead atoms. The lowest BCUT2D eigenvalue weighted by Gasteiger charge is -2.10. The summed E-state index contributed by atoms with van der Waals surface area (Å²) in [6.07, 6.45) is 2.69. The largest absolute Gasteiger partial charge is 0.496 e. The number of rotatable bonds is 6. The van der Waals surface area contributed by atoms with Crippen LogP contribution in [-0.4, -0.2) is 31.6 Å². The molecule has 0 unspecified atom stereocenters.